The first-order chi connectivity index (χ1) is 28.5. The van der Waals surface area contributed by atoms with Gasteiger partial charge in [0.1, 0.15) is 13.2 Å². The number of carbonyl (C=O) groups is 3. The molecule has 6 nitrogen and oxygen atoms in total. The van der Waals surface area contributed by atoms with E-state index in [0.717, 1.165) is 96.3 Å². The molecule has 1 unspecified atom stereocenters. The van der Waals surface area contributed by atoms with Crippen LogP contribution in [0.1, 0.15) is 233 Å². The summed E-state index contributed by atoms with van der Waals surface area (Å²) in [6, 6.07) is 0. The van der Waals surface area contributed by atoms with Crippen molar-refractivity contribution in [2.24, 2.45) is 0 Å². The van der Waals surface area contributed by atoms with Crippen molar-refractivity contribution in [1.29, 1.82) is 0 Å². The Balaban J connectivity index is 4.10. The Morgan fingerprint density at radius 3 is 1.05 bits per heavy atom. The van der Waals surface area contributed by atoms with E-state index in [1.807, 2.05) is 0 Å². The van der Waals surface area contributed by atoms with E-state index in [9.17, 15) is 14.4 Å². The molecule has 0 rings (SSSR count). The van der Waals surface area contributed by atoms with Crippen LogP contribution in [-0.2, 0) is 28.6 Å². The fourth-order valence-corrected chi connectivity index (χ4v) is 6.64. The zero-order chi connectivity index (χ0) is 42.3. The lowest BCUT2D eigenvalue weighted by molar-refractivity contribution is -0.167. The average molecular weight is 811 g/mol. The van der Waals surface area contributed by atoms with Gasteiger partial charge in [0.2, 0.25) is 0 Å². The van der Waals surface area contributed by atoms with E-state index in [1.54, 1.807) is 0 Å². The van der Waals surface area contributed by atoms with Gasteiger partial charge in [-0.1, -0.05) is 210 Å². The first kappa shape index (κ1) is 55.1. The van der Waals surface area contributed by atoms with Crippen LogP contribution in [0.3, 0.4) is 0 Å². The van der Waals surface area contributed by atoms with Crippen LogP contribution < -0.4 is 0 Å². The zero-order valence-corrected chi connectivity index (χ0v) is 38.0. The summed E-state index contributed by atoms with van der Waals surface area (Å²) in [6.07, 6.45) is 56.6. The normalized spacial score (nSPS) is 12.5. The largest absolute Gasteiger partial charge is 0.462 e. The molecule has 0 aliphatic rings. The van der Waals surface area contributed by atoms with Gasteiger partial charge in [0.05, 0.1) is 0 Å². The lowest BCUT2D eigenvalue weighted by atomic mass is 10.1. The van der Waals surface area contributed by atoms with Gasteiger partial charge >= 0.3 is 17.9 Å². The van der Waals surface area contributed by atoms with Gasteiger partial charge < -0.3 is 14.2 Å². The Morgan fingerprint density at radius 2 is 0.672 bits per heavy atom. The number of allylic oxidation sites excluding steroid dienone is 10. The van der Waals surface area contributed by atoms with Crippen molar-refractivity contribution >= 4 is 17.9 Å². The van der Waals surface area contributed by atoms with Crippen LogP contribution in [0.2, 0.25) is 0 Å². The quantitative estimate of drug-likeness (QED) is 0.0264. The summed E-state index contributed by atoms with van der Waals surface area (Å²) in [5.41, 5.74) is 0. The summed E-state index contributed by atoms with van der Waals surface area (Å²) in [5, 5.41) is 0. The average Bonchev–Trinajstić information content (AvgIpc) is 3.22. The Kier molecular flexibility index (Phi) is 44.5. The molecule has 0 spiro atoms. The topological polar surface area (TPSA) is 78.9 Å². The number of hydrogen-bond acceptors (Lipinski definition) is 6. The smallest absolute Gasteiger partial charge is 0.306 e. The van der Waals surface area contributed by atoms with Gasteiger partial charge in [-0.05, 0) is 64.2 Å². The SMILES string of the molecule is CC/C=C\C/C=C\C/C=C\C/C=C\C/C=C\CCCCCCCCCCCC(=O)OCC(COC(=O)CCCCCCCCC)OC(=O)CCCCCCCCCC. The van der Waals surface area contributed by atoms with Gasteiger partial charge in [0.15, 0.2) is 6.10 Å². The molecule has 0 radical (unpaired) electrons. The second-order valence-electron chi connectivity index (χ2n) is 16.0. The minimum absolute atomic E-state index is 0.0742. The van der Waals surface area contributed by atoms with Crippen LogP contribution in [0.4, 0.5) is 0 Å². The van der Waals surface area contributed by atoms with Crippen LogP contribution in [0, 0.1) is 0 Å². The van der Waals surface area contributed by atoms with Crippen molar-refractivity contribution in [2.45, 2.75) is 239 Å². The van der Waals surface area contributed by atoms with Crippen LogP contribution >= 0.6 is 0 Å². The third kappa shape index (κ3) is 44.2. The molecule has 0 bridgehead atoms. The van der Waals surface area contributed by atoms with E-state index in [2.05, 4.69) is 81.5 Å². The van der Waals surface area contributed by atoms with E-state index in [0.29, 0.717) is 19.3 Å². The second-order valence-corrected chi connectivity index (χ2v) is 16.0. The fourth-order valence-electron chi connectivity index (χ4n) is 6.64. The number of esters is 3. The summed E-state index contributed by atoms with van der Waals surface area (Å²) in [7, 11) is 0. The van der Waals surface area contributed by atoms with E-state index in [4.69, 9.17) is 14.2 Å². The van der Waals surface area contributed by atoms with Gasteiger partial charge in [-0.25, -0.2) is 0 Å². The third-order valence-electron chi connectivity index (χ3n) is 10.3. The van der Waals surface area contributed by atoms with Gasteiger partial charge in [0, 0.05) is 19.3 Å². The van der Waals surface area contributed by atoms with Crippen molar-refractivity contribution < 1.29 is 28.6 Å². The van der Waals surface area contributed by atoms with E-state index < -0.39 is 6.10 Å². The molecule has 0 saturated heterocycles. The molecule has 0 aliphatic heterocycles. The lowest BCUT2D eigenvalue weighted by Crippen LogP contribution is -2.30. The molecular formula is C52H90O6. The Hall–Kier alpha value is -2.89. The molecule has 6 heteroatoms. The highest BCUT2D eigenvalue weighted by atomic mass is 16.6. The van der Waals surface area contributed by atoms with Crippen molar-refractivity contribution in [2.75, 3.05) is 13.2 Å². The molecule has 0 amide bonds. The number of carbonyl (C=O) groups excluding carboxylic acids is 3. The van der Waals surface area contributed by atoms with Crippen molar-refractivity contribution in [3.63, 3.8) is 0 Å². The highest BCUT2D eigenvalue weighted by Gasteiger charge is 2.19. The monoisotopic (exact) mass is 811 g/mol. The summed E-state index contributed by atoms with van der Waals surface area (Å²) >= 11 is 0. The van der Waals surface area contributed by atoms with Crippen molar-refractivity contribution in [3.05, 3.63) is 60.8 Å². The van der Waals surface area contributed by atoms with Gasteiger partial charge in [-0.2, -0.15) is 0 Å². The van der Waals surface area contributed by atoms with Gasteiger partial charge in [-0.15, -0.1) is 0 Å². The van der Waals surface area contributed by atoms with Crippen molar-refractivity contribution in [3.8, 4) is 0 Å². The molecule has 0 saturated carbocycles. The van der Waals surface area contributed by atoms with Gasteiger partial charge in [-0.3, -0.25) is 14.4 Å². The van der Waals surface area contributed by atoms with Crippen molar-refractivity contribution in [1.82, 2.24) is 0 Å². The number of hydrogen-bond donors (Lipinski definition) is 0. The molecular weight excluding hydrogens is 721 g/mol. The molecule has 1 atom stereocenters. The van der Waals surface area contributed by atoms with Crippen LogP contribution in [0.5, 0.6) is 0 Å². The summed E-state index contributed by atoms with van der Waals surface area (Å²) in [5.74, 6) is -0.892. The first-order valence-corrected chi connectivity index (χ1v) is 24.3. The molecule has 0 N–H and O–H groups in total. The van der Waals surface area contributed by atoms with Crippen LogP contribution in [0.25, 0.3) is 0 Å². The van der Waals surface area contributed by atoms with E-state index in [-0.39, 0.29) is 31.1 Å². The van der Waals surface area contributed by atoms with Crippen LogP contribution in [0.15, 0.2) is 60.8 Å². The highest BCUT2D eigenvalue weighted by molar-refractivity contribution is 5.71. The molecule has 0 aliphatic carbocycles. The Bertz CT molecular complexity index is 1070. The summed E-state index contributed by atoms with van der Waals surface area (Å²) in [4.78, 5) is 37.5. The lowest BCUT2D eigenvalue weighted by Gasteiger charge is -2.18. The number of rotatable bonds is 43. The van der Waals surface area contributed by atoms with E-state index in [1.165, 1.54) is 96.3 Å². The number of ether oxygens (including phenoxy) is 3. The number of unbranched alkanes of at least 4 members (excludes halogenated alkanes) is 22. The third-order valence-corrected chi connectivity index (χ3v) is 10.3. The minimum atomic E-state index is -0.768. The standard InChI is InChI=1S/C52H90O6/c1-4-7-10-13-16-18-19-20-21-22-23-24-25-26-27-28-29-30-31-32-33-34-37-39-42-45-51(54)57-48-49(47-56-50(53)44-41-38-35-15-12-9-6-3)58-52(55)46-43-40-36-17-14-11-8-5-2/h7,10,16,18,20-21,23-24,26-27,49H,4-6,8-9,11-15,17,19,22,25,28-48H2,1-3H3/b10-7-,18-16-,21-20-,24-23-,27-26-. The molecule has 334 valence electrons. The molecule has 0 aromatic carbocycles. The van der Waals surface area contributed by atoms with Gasteiger partial charge in [0.25, 0.3) is 0 Å². The highest BCUT2D eigenvalue weighted by Crippen LogP contribution is 2.14. The van der Waals surface area contributed by atoms with Crippen LogP contribution in [-0.4, -0.2) is 37.2 Å². The molecule has 58 heavy (non-hydrogen) atoms. The second kappa shape index (κ2) is 46.8. The Morgan fingerprint density at radius 1 is 0.362 bits per heavy atom. The summed E-state index contributed by atoms with van der Waals surface area (Å²) in [6.45, 7) is 6.44. The predicted molar refractivity (Wildman–Crippen MR) is 247 cm³/mol. The molecule has 0 fully saturated rings. The zero-order valence-electron chi connectivity index (χ0n) is 38.0. The first-order valence-electron chi connectivity index (χ1n) is 24.3. The van der Waals surface area contributed by atoms with E-state index >= 15 is 0 Å². The summed E-state index contributed by atoms with van der Waals surface area (Å²) < 4.78 is 16.6. The Labute approximate surface area is 358 Å². The molecule has 0 aromatic rings. The predicted octanol–water partition coefficient (Wildman–Crippen LogP) is 15.7. The fraction of sp³-hybridized carbons (Fsp3) is 0.750. The maximum absolute atomic E-state index is 12.6. The maximum Gasteiger partial charge on any atom is 0.306 e. The maximum atomic E-state index is 12.6. The molecule has 0 aromatic heterocycles. The minimum Gasteiger partial charge on any atom is -0.462 e. The molecule has 0 heterocycles.